The van der Waals surface area contributed by atoms with Gasteiger partial charge >= 0.3 is 0 Å². The van der Waals surface area contributed by atoms with Crippen LogP contribution in [-0.4, -0.2) is 17.3 Å². The van der Waals surface area contributed by atoms with Crippen LogP contribution in [0.3, 0.4) is 0 Å². The van der Waals surface area contributed by atoms with Gasteiger partial charge in [0.2, 0.25) is 0 Å². The molecule has 0 unspecified atom stereocenters. The zero-order chi connectivity index (χ0) is 4.41. The number of halogens is 1. The van der Waals surface area contributed by atoms with Crippen LogP contribution in [0.4, 0.5) is 0 Å². The molecule has 1 aliphatic heterocycles. The molecule has 0 radical (unpaired) electrons. The molecule has 1 saturated heterocycles. The van der Waals surface area contributed by atoms with Gasteiger partial charge in [0.05, 0.1) is 0 Å². The van der Waals surface area contributed by atoms with Crippen LogP contribution in [0.25, 0.3) is 0 Å². The van der Waals surface area contributed by atoms with E-state index < -0.39 is 0 Å². The SMILES string of the molecule is IC1NCCN1. The topological polar surface area (TPSA) is 24.1 Å². The molecule has 6 heavy (non-hydrogen) atoms. The highest BCUT2D eigenvalue weighted by Gasteiger charge is 2.05. The summed E-state index contributed by atoms with van der Waals surface area (Å²) in [5.41, 5.74) is 0. The monoisotopic (exact) mass is 198 g/mol. The van der Waals surface area contributed by atoms with E-state index in [1.807, 2.05) is 0 Å². The quantitative estimate of drug-likeness (QED) is 0.322. The van der Waals surface area contributed by atoms with Gasteiger partial charge in [0, 0.05) is 13.1 Å². The van der Waals surface area contributed by atoms with Crippen molar-refractivity contribution in [3.05, 3.63) is 0 Å². The predicted molar refractivity (Wildman–Crippen MR) is 33.8 cm³/mol. The maximum absolute atomic E-state index is 3.20. The van der Waals surface area contributed by atoms with E-state index in [1.165, 1.54) is 0 Å². The zero-order valence-electron chi connectivity index (χ0n) is 3.37. The summed E-state index contributed by atoms with van der Waals surface area (Å²) in [5.74, 6) is 0. The Morgan fingerprint density at radius 1 is 1.33 bits per heavy atom. The minimum atomic E-state index is 0.516. The fourth-order valence-electron chi connectivity index (χ4n) is 0.470. The molecule has 0 aliphatic carbocycles. The lowest BCUT2D eigenvalue weighted by Crippen LogP contribution is -2.22. The second kappa shape index (κ2) is 2.09. The highest BCUT2D eigenvalue weighted by molar-refractivity contribution is 14.1. The molecule has 0 saturated carbocycles. The maximum Gasteiger partial charge on any atom is 0.111 e. The van der Waals surface area contributed by atoms with Gasteiger partial charge in [-0.05, 0) is 22.6 Å². The third kappa shape index (κ3) is 1.06. The Morgan fingerprint density at radius 2 is 1.83 bits per heavy atom. The lowest BCUT2D eigenvalue weighted by atomic mass is 10.7. The van der Waals surface area contributed by atoms with Crippen molar-refractivity contribution in [1.29, 1.82) is 0 Å². The van der Waals surface area contributed by atoms with Gasteiger partial charge in [0.15, 0.2) is 0 Å². The maximum atomic E-state index is 3.20. The summed E-state index contributed by atoms with van der Waals surface area (Å²) in [5, 5.41) is 6.39. The molecule has 0 aromatic rings. The predicted octanol–water partition coefficient (Wildman–Crippen LogP) is -0.102. The molecule has 2 nitrogen and oxygen atoms in total. The summed E-state index contributed by atoms with van der Waals surface area (Å²) in [6.45, 7) is 2.24. The molecule has 1 rings (SSSR count). The first kappa shape index (κ1) is 4.80. The van der Waals surface area contributed by atoms with E-state index in [0.717, 1.165) is 13.1 Å². The van der Waals surface area contributed by atoms with Gasteiger partial charge in [-0.25, -0.2) is 0 Å². The van der Waals surface area contributed by atoms with Gasteiger partial charge < -0.3 is 0 Å². The Hall–Kier alpha value is 0.650. The van der Waals surface area contributed by atoms with E-state index in [-0.39, 0.29) is 0 Å². The number of rotatable bonds is 0. The summed E-state index contributed by atoms with van der Waals surface area (Å²) >= 11 is 2.31. The van der Waals surface area contributed by atoms with Crippen molar-refractivity contribution in [3.8, 4) is 0 Å². The fraction of sp³-hybridized carbons (Fsp3) is 1.00. The van der Waals surface area contributed by atoms with Crippen LogP contribution in [0.2, 0.25) is 0 Å². The second-order valence-corrected chi connectivity index (χ2v) is 2.52. The first-order chi connectivity index (χ1) is 2.89. The average Bonchev–Trinajstić information content (AvgIpc) is 1.86. The van der Waals surface area contributed by atoms with Gasteiger partial charge in [-0.2, -0.15) is 0 Å². The lowest BCUT2D eigenvalue weighted by Gasteiger charge is -1.94. The van der Waals surface area contributed by atoms with Crippen LogP contribution in [-0.2, 0) is 0 Å². The fourth-order valence-corrected chi connectivity index (χ4v) is 1.09. The highest BCUT2D eigenvalue weighted by atomic mass is 127. The summed E-state index contributed by atoms with van der Waals surface area (Å²) in [7, 11) is 0. The third-order valence-electron chi connectivity index (χ3n) is 0.772. The summed E-state index contributed by atoms with van der Waals surface area (Å²) in [6, 6.07) is 0. The molecule has 1 heterocycles. The van der Waals surface area contributed by atoms with E-state index >= 15 is 0 Å². The summed E-state index contributed by atoms with van der Waals surface area (Å²) in [4.78, 5) is 0. The molecule has 0 atom stereocenters. The van der Waals surface area contributed by atoms with Crippen molar-refractivity contribution in [2.45, 2.75) is 4.17 Å². The zero-order valence-corrected chi connectivity index (χ0v) is 5.53. The van der Waals surface area contributed by atoms with E-state index in [1.54, 1.807) is 0 Å². The van der Waals surface area contributed by atoms with Crippen molar-refractivity contribution in [2.75, 3.05) is 13.1 Å². The summed E-state index contributed by atoms with van der Waals surface area (Å²) < 4.78 is 0.516. The number of hydrogen-bond donors (Lipinski definition) is 2. The van der Waals surface area contributed by atoms with E-state index in [0.29, 0.717) is 4.17 Å². The molecule has 0 aromatic heterocycles. The van der Waals surface area contributed by atoms with Gasteiger partial charge in [-0.15, -0.1) is 0 Å². The average molecular weight is 198 g/mol. The number of alkyl halides is 1. The molecule has 0 amide bonds. The minimum Gasteiger partial charge on any atom is -0.292 e. The first-order valence-corrected chi connectivity index (χ1v) is 3.25. The third-order valence-corrected chi connectivity index (χ3v) is 1.65. The molecule has 0 aromatic carbocycles. The normalized spacial score (nSPS) is 25.5. The van der Waals surface area contributed by atoms with E-state index in [4.69, 9.17) is 0 Å². The largest absolute Gasteiger partial charge is 0.292 e. The van der Waals surface area contributed by atoms with Gasteiger partial charge in [0.1, 0.15) is 4.17 Å². The lowest BCUT2D eigenvalue weighted by molar-refractivity contribution is 0.775. The summed E-state index contributed by atoms with van der Waals surface area (Å²) in [6.07, 6.45) is 0. The van der Waals surface area contributed by atoms with Gasteiger partial charge in [-0.1, -0.05) is 0 Å². The van der Waals surface area contributed by atoms with Crippen LogP contribution in [0.15, 0.2) is 0 Å². The molecule has 2 N–H and O–H groups in total. The minimum absolute atomic E-state index is 0.516. The molecule has 1 fully saturated rings. The Morgan fingerprint density at radius 3 is 2.00 bits per heavy atom. The first-order valence-electron chi connectivity index (χ1n) is 2.00. The van der Waals surface area contributed by atoms with Crippen LogP contribution < -0.4 is 10.6 Å². The van der Waals surface area contributed by atoms with Crippen LogP contribution >= 0.6 is 22.6 Å². The molecular weight excluding hydrogens is 191 g/mol. The molecule has 3 heteroatoms. The van der Waals surface area contributed by atoms with Crippen LogP contribution in [0.1, 0.15) is 0 Å². The van der Waals surface area contributed by atoms with Crippen molar-refractivity contribution in [1.82, 2.24) is 10.6 Å². The van der Waals surface area contributed by atoms with E-state index in [2.05, 4.69) is 33.2 Å². The number of nitrogens with one attached hydrogen (secondary N) is 2. The Balaban J connectivity index is 2.18. The van der Waals surface area contributed by atoms with Crippen LogP contribution in [0.5, 0.6) is 0 Å². The molecule has 0 spiro atoms. The molecule has 36 valence electrons. The van der Waals surface area contributed by atoms with Crippen molar-refractivity contribution in [3.63, 3.8) is 0 Å². The Labute approximate surface area is 50.8 Å². The molecule has 1 aliphatic rings. The standard InChI is InChI=1S/C3H7IN2/c4-3-5-1-2-6-3/h3,5-6H,1-2H2. The van der Waals surface area contributed by atoms with Gasteiger partial charge in [-0.3, -0.25) is 10.6 Å². The Bertz CT molecular complexity index is 42.1. The van der Waals surface area contributed by atoms with Crippen molar-refractivity contribution < 1.29 is 0 Å². The van der Waals surface area contributed by atoms with E-state index in [9.17, 15) is 0 Å². The smallest absolute Gasteiger partial charge is 0.111 e. The van der Waals surface area contributed by atoms with Crippen molar-refractivity contribution in [2.24, 2.45) is 0 Å². The van der Waals surface area contributed by atoms with Crippen molar-refractivity contribution >= 4 is 22.6 Å². The molecular formula is C3H7IN2. The van der Waals surface area contributed by atoms with Gasteiger partial charge in [0.25, 0.3) is 0 Å². The molecule has 0 bridgehead atoms. The highest BCUT2D eigenvalue weighted by Crippen LogP contribution is 1.92. The number of hydrogen-bond acceptors (Lipinski definition) is 2. The Kier molecular flexibility index (Phi) is 1.67. The second-order valence-electron chi connectivity index (χ2n) is 1.27. The van der Waals surface area contributed by atoms with Crippen LogP contribution in [0, 0.1) is 0 Å².